The van der Waals surface area contributed by atoms with E-state index in [2.05, 4.69) is 9.97 Å². The van der Waals surface area contributed by atoms with Crippen LogP contribution in [-0.4, -0.2) is 22.5 Å². The molecule has 68 valence electrons. The predicted octanol–water partition coefficient (Wildman–Crippen LogP) is 0.704. The molecule has 0 aliphatic rings. The number of aromatic amines is 1. The smallest absolute Gasteiger partial charge is 0.258 e. The van der Waals surface area contributed by atoms with Crippen molar-refractivity contribution in [3.8, 4) is 0 Å². The van der Waals surface area contributed by atoms with E-state index in [-0.39, 0.29) is 5.56 Å². The molecule has 0 aromatic carbocycles. The lowest BCUT2D eigenvalue weighted by Gasteiger charge is -1.94. The van der Waals surface area contributed by atoms with E-state index in [1.165, 1.54) is 30.1 Å². The van der Waals surface area contributed by atoms with Crippen LogP contribution in [-0.2, 0) is 4.79 Å². The minimum atomic E-state index is -0.238. The van der Waals surface area contributed by atoms with Gasteiger partial charge in [0.2, 0.25) is 0 Å². The number of nitrogens with one attached hydrogen (secondary N) is 1. The van der Waals surface area contributed by atoms with E-state index in [0.717, 1.165) is 0 Å². The van der Waals surface area contributed by atoms with Crippen molar-refractivity contribution >= 4 is 24.1 Å². The maximum absolute atomic E-state index is 11.2. The van der Waals surface area contributed by atoms with Crippen molar-refractivity contribution in [1.29, 1.82) is 0 Å². The first-order chi connectivity index (χ1) is 6.27. The highest BCUT2D eigenvalue weighted by Crippen LogP contribution is 2.04. The molecule has 5 heteroatoms. The van der Waals surface area contributed by atoms with Gasteiger partial charge in [0.1, 0.15) is 6.29 Å². The van der Waals surface area contributed by atoms with Crippen LogP contribution >= 0.6 is 11.8 Å². The third-order valence-corrected chi connectivity index (χ3v) is 1.95. The topological polar surface area (TPSA) is 62.8 Å². The quantitative estimate of drug-likeness (QED) is 0.334. The first kappa shape index (κ1) is 9.73. The molecule has 0 amide bonds. The number of allylic oxidation sites excluding steroid dienone is 1. The van der Waals surface area contributed by atoms with Crippen molar-refractivity contribution in [2.75, 3.05) is 6.26 Å². The van der Waals surface area contributed by atoms with Crippen LogP contribution in [0.5, 0.6) is 0 Å². The summed E-state index contributed by atoms with van der Waals surface area (Å²) < 4.78 is 0. The van der Waals surface area contributed by atoms with Crippen molar-refractivity contribution in [3.05, 3.63) is 28.2 Å². The fourth-order valence-electron chi connectivity index (χ4n) is 0.754. The molecule has 0 saturated carbocycles. The lowest BCUT2D eigenvalue weighted by Crippen LogP contribution is -2.10. The molecular formula is C8H8N2O2S. The van der Waals surface area contributed by atoms with Crippen LogP contribution in [0.15, 0.2) is 22.2 Å². The minimum absolute atomic E-state index is 0.238. The number of hydrogen-bond donors (Lipinski definition) is 1. The molecule has 0 unspecified atom stereocenters. The molecular weight excluding hydrogens is 188 g/mol. The first-order valence-electron chi connectivity index (χ1n) is 3.53. The largest absolute Gasteiger partial charge is 0.301 e. The van der Waals surface area contributed by atoms with Gasteiger partial charge in [-0.15, -0.1) is 0 Å². The summed E-state index contributed by atoms with van der Waals surface area (Å²) in [4.78, 5) is 27.7. The fraction of sp³-hybridized carbons (Fsp3) is 0.125. The van der Waals surface area contributed by atoms with Crippen molar-refractivity contribution < 1.29 is 4.79 Å². The predicted molar refractivity (Wildman–Crippen MR) is 51.7 cm³/mol. The highest BCUT2D eigenvalue weighted by atomic mass is 32.2. The molecule has 0 saturated heterocycles. The third-order valence-electron chi connectivity index (χ3n) is 1.35. The number of carbonyl (C=O) groups is 1. The highest BCUT2D eigenvalue weighted by Gasteiger charge is 1.97. The number of H-pyrrole nitrogens is 1. The Morgan fingerprint density at radius 2 is 2.38 bits per heavy atom. The van der Waals surface area contributed by atoms with Crippen LogP contribution in [0.4, 0.5) is 0 Å². The number of nitrogens with zero attached hydrogens (tertiary/aromatic N) is 1. The molecule has 0 aliphatic carbocycles. The zero-order valence-electron chi connectivity index (χ0n) is 6.98. The van der Waals surface area contributed by atoms with Crippen LogP contribution in [0.3, 0.4) is 0 Å². The Bertz CT molecular complexity index is 384. The summed E-state index contributed by atoms with van der Waals surface area (Å²) in [5.41, 5.74) is 0.141. The standard InChI is InChI=1S/C8H8N2O2S/c1-13-8-9-5-6(3-2-4-11)7(12)10-8/h2-5H,1H3,(H,9,10,12). The summed E-state index contributed by atoms with van der Waals surface area (Å²) >= 11 is 1.36. The van der Waals surface area contributed by atoms with Crippen molar-refractivity contribution in [3.63, 3.8) is 0 Å². The molecule has 0 fully saturated rings. The molecule has 0 radical (unpaired) electrons. The van der Waals surface area contributed by atoms with E-state index < -0.39 is 0 Å². The average Bonchev–Trinajstić information content (AvgIpc) is 2.16. The Morgan fingerprint density at radius 3 is 2.92 bits per heavy atom. The number of thioether (sulfide) groups is 1. The second-order valence-corrected chi connectivity index (χ2v) is 2.97. The molecule has 1 heterocycles. The summed E-state index contributed by atoms with van der Waals surface area (Å²) in [6.45, 7) is 0. The van der Waals surface area contributed by atoms with Gasteiger partial charge in [0.15, 0.2) is 5.16 Å². The van der Waals surface area contributed by atoms with E-state index in [1.54, 1.807) is 0 Å². The number of carbonyl (C=O) groups excluding carboxylic acids is 1. The van der Waals surface area contributed by atoms with Gasteiger partial charge in [0, 0.05) is 6.20 Å². The normalized spacial score (nSPS) is 10.5. The van der Waals surface area contributed by atoms with Crippen LogP contribution in [0.25, 0.3) is 6.08 Å². The molecule has 13 heavy (non-hydrogen) atoms. The number of hydrogen-bond acceptors (Lipinski definition) is 4. The van der Waals surface area contributed by atoms with Crippen LogP contribution < -0.4 is 5.56 Å². The summed E-state index contributed by atoms with van der Waals surface area (Å²) in [5.74, 6) is 0. The Morgan fingerprint density at radius 1 is 1.62 bits per heavy atom. The van der Waals surface area contributed by atoms with Gasteiger partial charge < -0.3 is 4.98 Å². The molecule has 4 nitrogen and oxygen atoms in total. The Labute approximate surface area is 79.1 Å². The van der Waals surface area contributed by atoms with Gasteiger partial charge in [0.05, 0.1) is 5.56 Å². The van der Waals surface area contributed by atoms with Gasteiger partial charge in [-0.05, 0) is 18.4 Å². The van der Waals surface area contributed by atoms with Gasteiger partial charge in [-0.1, -0.05) is 11.8 Å². The molecule has 1 N–H and O–H groups in total. The van der Waals surface area contributed by atoms with E-state index in [4.69, 9.17) is 0 Å². The number of aldehydes is 1. The summed E-state index contributed by atoms with van der Waals surface area (Å²) in [5, 5.41) is 0.563. The molecule has 1 rings (SSSR count). The molecule has 0 aliphatic heterocycles. The van der Waals surface area contributed by atoms with Crippen molar-refractivity contribution in [1.82, 2.24) is 9.97 Å². The lowest BCUT2D eigenvalue weighted by molar-refractivity contribution is -0.104. The zero-order chi connectivity index (χ0) is 9.68. The van der Waals surface area contributed by atoms with E-state index in [0.29, 0.717) is 17.0 Å². The summed E-state index contributed by atoms with van der Waals surface area (Å²) in [6, 6.07) is 0. The van der Waals surface area contributed by atoms with Crippen LogP contribution in [0.2, 0.25) is 0 Å². The molecule has 0 bridgehead atoms. The van der Waals surface area contributed by atoms with Gasteiger partial charge in [-0.3, -0.25) is 9.59 Å². The van der Waals surface area contributed by atoms with Crippen molar-refractivity contribution in [2.24, 2.45) is 0 Å². The minimum Gasteiger partial charge on any atom is -0.301 e. The molecule has 1 aromatic rings. The van der Waals surface area contributed by atoms with E-state index >= 15 is 0 Å². The second-order valence-electron chi connectivity index (χ2n) is 2.17. The summed E-state index contributed by atoms with van der Waals surface area (Å²) in [6.07, 6.45) is 6.54. The second kappa shape index (κ2) is 4.61. The SMILES string of the molecule is CSc1ncc(C=CC=O)c(=O)[nH]1. The van der Waals surface area contributed by atoms with Gasteiger partial charge >= 0.3 is 0 Å². The Kier molecular flexibility index (Phi) is 3.45. The van der Waals surface area contributed by atoms with Gasteiger partial charge in [-0.25, -0.2) is 4.98 Å². The van der Waals surface area contributed by atoms with Crippen LogP contribution in [0, 0.1) is 0 Å². The molecule has 1 aromatic heterocycles. The summed E-state index contributed by atoms with van der Waals surface area (Å²) in [7, 11) is 0. The first-order valence-corrected chi connectivity index (χ1v) is 4.75. The Balaban J connectivity index is 3.05. The maximum Gasteiger partial charge on any atom is 0.258 e. The fourth-order valence-corrected chi connectivity index (χ4v) is 1.11. The highest BCUT2D eigenvalue weighted by molar-refractivity contribution is 7.98. The maximum atomic E-state index is 11.2. The van der Waals surface area contributed by atoms with E-state index in [1.807, 2.05) is 6.26 Å². The monoisotopic (exact) mass is 196 g/mol. The Hall–Kier alpha value is -1.36. The van der Waals surface area contributed by atoms with Crippen LogP contribution in [0.1, 0.15) is 5.56 Å². The third kappa shape index (κ3) is 2.55. The number of aromatic nitrogens is 2. The zero-order valence-corrected chi connectivity index (χ0v) is 7.80. The molecule has 0 atom stereocenters. The van der Waals surface area contributed by atoms with Gasteiger partial charge in [-0.2, -0.15) is 0 Å². The molecule has 0 spiro atoms. The van der Waals surface area contributed by atoms with E-state index in [9.17, 15) is 9.59 Å². The number of rotatable bonds is 3. The van der Waals surface area contributed by atoms with Gasteiger partial charge in [0.25, 0.3) is 5.56 Å². The lowest BCUT2D eigenvalue weighted by atomic mass is 10.3. The average molecular weight is 196 g/mol. The van der Waals surface area contributed by atoms with Crippen molar-refractivity contribution in [2.45, 2.75) is 5.16 Å².